The van der Waals surface area contributed by atoms with Crippen LogP contribution < -0.4 is 29.3 Å². The number of hydrogen-bond acceptors (Lipinski definition) is 14. The fraction of sp³-hybridized carbons (Fsp3) is 0.480. The van der Waals surface area contributed by atoms with Crippen LogP contribution >= 0.6 is 0 Å². The largest absolute Gasteiger partial charge is 0.489 e. The molecule has 0 unspecified atom stereocenters. The molecule has 7 aliphatic rings. The summed E-state index contributed by atoms with van der Waals surface area (Å²) in [6, 6.07) is 21.6. The van der Waals surface area contributed by atoms with E-state index in [1.165, 1.54) is 42.9 Å². The number of piperidine rings is 1. The lowest BCUT2D eigenvalue weighted by molar-refractivity contribution is -0.384. The first-order valence-electron chi connectivity index (χ1n) is 24.1. The minimum atomic E-state index is -4.66. The van der Waals surface area contributed by atoms with Gasteiger partial charge in [-0.3, -0.25) is 24.7 Å². The number of nitrogens with one attached hydrogen (secondary N) is 3. The van der Waals surface area contributed by atoms with Crippen LogP contribution in [0.15, 0.2) is 77.8 Å². The Morgan fingerprint density at radius 2 is 1.84 bits per heavy atom. The van der Waals surface area contributed by atoms with Crippen molar-refractivity contribution in [2.45, 2.75) is 100 Å². The van der Waals surface area contributed by atoms with E-state index in [9.17, 15) is 23.3 Å². The Hall–Kier alpha value is -5.95. The molecule has 6 aliphatic heterocycles. The molecule has 1 aliphatic carbocycles. The number of aromatic amines is 1. The van der Waals surface area contributed by atoms with E-state index in [0.29, 0.717) is 66.1 Å². The number of fused-ring (bicyclic) bond motifs is 5. The summed E-state index contributed by atoms with van der Waals surface area (Å²) in [6.45, 7) is 9.63. The molecule has 5 fully saturated rings. The van der Waals surface area contributed by atoms with Gasteiger partial charge in [0.1, 0.15) is 24.0 Å². The standard InChI is InChI=1S/C50H57N9O8S/c1-30-6-3-4-7-39(30)41-8-5-15-57(41)36-23-50(24-36)12-16-55(17-13-50)34-9-10-40(42(20-34)58-25-31(2)67-49-44(58)18-32-11-14-51-47(32)53-49)48(60)54-68(63,64)38-21-43(59(61)62)46-45(22-38)66-28-33(52-46)26-56-27-37-19-35(56)29-65-37/h3-4,6-7,9-11,14,18,20-22,31,33,35-37,41,52H,5,8,12-13,15-17,19,23-29H2,1-2H3,(H,51,53)(H,54,60)/t31-,33-,35-,37-,41+/m1/s1. The molecule has 1 spiro atoms. The van der Waals surface area contributed by atoms with Gasteiger partial charge >= 0.3 is 0 Å². The van der Waals surface area contributed by atoms with E-state index in [1.807, 2.05) is 36.1 Å². The molecular weight excluding hydrogens is 887 g/mol. The van der Waals surface area contributed by atoms with Gasteiger partial charge in [-0.15, -0.1) is 0 Å². The maximum atomic E-state index is 14.5. The molecule has 2 bridgehead atoms. The number of nitro groups is 1. The van der Waals surface area contributed by atoms with E-state index in [0.717, 1.165) is 62.6 Å². The highest BCUT2D eigenvalue weighted by atomic mass is 32.2. The van der Waals surface area contributed by atoms with Gasteiger partial charge in [-0.05, 0) is 112 Å². The Balaban J connectivity index is 0.804. The minimum absolute atomic E-state index is 0.0327. The van der Waals surface area contributed by atoms with E-state index in [2.05, 4.69) is 60.9 Å². The summed E-state index contributed by atoms with van der Waals surface area (Å²) in [4.78, 5) is 43.3. The molecule has 68 heavy (non-hydrogen) atoms. The van der Waals surface area contributed by atoms with Crippen molar-refractivity contribution in [3.63, 3.8) is 0 Å². The number of H-pyrrole nitrogens is 1. The maximum Gasteiger partial charge on any atom is 0.297 e. The highest BCUT2D eigenvalue weighted by Crippen LogP contribution is 2.54. The summed E-state index contributed by atoms with van der Waals surface area (Å²) in [5, 5.41) is 16.6. The Bertz CT molecular complexity index is 2930. The fourth-order valence-electron chi connectivity index (χ4n) is 12.4. The monoisotopic (exact) mass is 943 g/mol. The minimum Gasteiger partial charge on any atom is -0.489 e. The number of rotatable bonds is 10. The van der Waals surface area contributed by atoms with Crippen molar-refractivity contribution in [2.24, 2.45) is 5.41 Å². The average molecular weight is 944 g/mol. The average Bonchev–Trinajstić information content (AvgIpc) is 4.16. The number of carbonyl (C=O) groups excluding carboxylic acids is 1. The number of sulfonamides is 1. The van der Waals surface area contributed by atoms with Gasteiger partial charge in [0.15, 0.2) is 11.4 Å². The van der Waals surface area contributed by atoms with E-state index in [1.54, 1.807) is 12.3 Å². The molecule has 3 aromatic carbocycles. The van der Waals surface area contributed by atoms with Crippen molar-refractivity contribution in [3.05, 3.63) is 99.7 Å². The molecule has 5 atom stereocenters. The third-order valence-corrected chi connectivity index (χ3v) is 17.2. The van der Waals surface area contributed by atoms with Crippen LogP contribution in [-0.2, 0) is 14.8 Å². The highest BCUT2D eigenvalue weighted by molar-refractivity contribution is 7.90. The predicted molar refractivity (Wildman–Crippen MR) is 257 cm³/mol. The second-order valence-corrected chi connectivity index (χ2v) is 21.9. The molecule has 4 saturated heterocycles. The van der Waals surface area contributed by atoms with Gasteiger partial charge in [-0.1, -0.05) is 24.3 Å². The van der Waals surface area contributed by atoms with Crippen molar-refractivity contribution in [3.8, 4) is 11.6 Å². The number of nitrogens with zero attached hydrogens (tertiary/aromatic N) is 6. The zero-order valence-electron chi connectivity index (χ0n) is 38.4. The van der Waals surface area contributed by atoms with Crippen molar-refractivity contribution in [1.82, 2.24) is 24.5 Å². The van der Waals surface area contributed by atoms with Crippen molar-refractivity contribution >= 4 is 55.4 Å². The Morgan fingerprint density at radius 3 is 2.62 bits per heavy atom. The smallest absolute Gasteiger partial charge is 0.297 e. The van der Waals surface area contributed by atoms with Gasteiger partial charge in [-0.25, -0.2) is 13.1 Å². The molecule has 356 valence electrons. The van der Waals surface area contributed by atoms with Crippen molar-refractivity contribution in [2.75, 3.05) is 67.6 Å². The predicted octanol–water partition coefficient (Wildman–Crippen LogP) is 7.05. The summed E-state index contributed by atoms with van der Waals surface area (Å²) in [5.74, 6) is -0.454. The zero-order valence-corrected chi connectivity index (χ0v) is 39.2. The molecule has 17 nitrogen and oxygen atoms in total. The summed E-state index contributed by atoms with van der Waals surface area (Å²) >= 11 is 0. The number of nitro benzene ring substituents is 1. The number of benzene rings is 3. The Kier molecular flexibility index (Phi) is 10.6. The zero-order chi connectivity index (χ0) is 46.5. The number of pyridine rings is 1. The number of amides is 1. The number of carbonyl (C=O) groups is 1. The number of anilines is 4. The number of ether oxygens (including phenoxy) is 3. The van der Waals surface area contributed by atoms with E-state index < -0.39 is 31.4 Å². The van der Waals surface area contributed by atoms with E-state index >= 15 is 0 Å². The lowest BCUT2D eigenvalue weighted by Crippen LogP contribution is -2.54. The first-order valence-corrected chi connectivity index (χ1v) is 25.6. The summed E-state index contributed by atoms with van der Waals surface area (Å²) in [5.41, 5.74) is 5.65. The van der Waals surface area contributed by atoms with Crippen molar-refractivity contribution in [1.29, 1.82) is 0 Å². The number of hydrogen-bond donors (Lipinski definition) is 3. The van der Waals surface area contributed by atoms with Crippen molar-refractivity contribution < 1.29 is 32.3 Å². The number of aryl methyl sites for hydroxylation is 1. The Morgan fingerprint density at radius 1 is 1.00 bits per heavy atom. The first kappa shape index (κ1) is 43.3. The molecule has 5 aromatic rings. The number of morpholine rings is 1. The highest BCUT2D eigenvalue weighted by Gasteiger charge is 2.50. The second-order valence-electron chi connectivity index (χ2n) is 20.2. The molecule has 1 saturated carbocycles. The molecular formula is C50H57N9O8S. The molecule has 18 heteroatoms. The van der Waals surface area contributed by atoms with Gasteiger partial charge in [0, 0.05) is 73.7 Å². The summed E-state index contributed by atoms with van der Waals surface area (Å²) in [7, 11) is -4.66. The van der Waals surface area contributed by atoms with Gasteiger partial charge in [-0.2, -0.15) is 4.98 Å². The third kappa shape index (κ3) is 7.69. The Labute approximate surface area is 395 Å². The van der Waals surface area contributed by atoms with E-state index in [-0.39, 0.29) is 41.9 Å². The van der Waals surface area contributed by atoms with Gasteiger partial charge in [0.25, 0.3) is 21.6 Å². The topological polar surface area (TPSA) is 188 Å². The molecule has 3 N–H and O–H groups in total. The summed E-state index contributed by atoms with van der Waals surface area (Å²) in [6.07, 6.45) is 9.64. The molecule has 2 aromatic heterocycles. The quantitative estimate of drug-likeness (QED) is 0.0955. The molecule has 8 heterocycles. The van der Waals surface area contributed by atoms with Crippen LogP contribution in [0, 0.1) is 22.5 Å². The first-order chi connectivity index (χ1) is 32.9. The van der Waals surface area contributed by atoms with Crippen LogP contribution in [0.1, 0.15) is 79.4 Å². The molecule has 0 radical (unpaired) electrons. The van der Waals surface area contributed by atoms with E-state index in [4.69, 9.17) is 19.2 Å². The lowest BCUT2D eigenvalue weighted by atomic mass is 9.59. The fourth-order valence-corrected chi connectivity index (χ4v) is 13.4. The van der Waals surface area contributed by atoms with Gasteiger partial charge < -0.3 is 34.3 Å². The van der Waals surface area contributed by atoms with Crippen LogP contribution in [-0.4, -0.2) is 122 Å². The van der Waals surface area contributed by atoms with Crippen LogP contribution in [0.25, 0.3) is 11.0 Å². The lowest BCUT2D eigenvalue weighted by Gasteiger charge is -2.56. The summed E-state index contributed by atoms with van der Waals surface area (Å²) < 4.78 is 48.7. The van der Waals surface area contributed by atoms with Crippen LogP contribution in [0.2, 0.25) is 0 Å². The normalized spacial score (nSPS) is 25.6. The molecule has 12 rings (SSSR count). The second kappa shape index (κ2) is 16.6. The number of aromatic nitrogens is 2. The van der Waals surface area contributed by atoms with Gasteiger partial charge in [0.2, 0.25) is 5.88 Å². The van der Waals surface area contributed by atoms with Crippen LogP contribution in [0.4, 0.5) is 28.4 Å². The van der Waals surface area contributed by atoms with Crippen LogP contribution in [0.5, 0.6) is 11.6 Å². The van der Waals surface area contributed by atoms with Crippen LogP contribution in [0.3, 0.4) is 0 Å². The SMILES string of the molecule is Cc1ccccc1[C@@H]1CCCN1C1CC2(CCN(c3ccc(C(=O)NS(=O)(=O)c4cc5c(c([N+](=O)[O-])c4)N[C@H](CN4C[C@H]6C[C@@H]4CO6)CO5)c(N4C[C@@H](C)Oc5nc6[nH]ccc6cc54)c3)CC2)C1. The number of likely N-dealkylation sites (tertiary alicyclic amines) is 2. The maximum absolute atomic E-state index is 14.5. The van der Waals surface area contributed by atoms with Gasteiger partial charge in [0.05, 0.1) is 46.4 Å². The third-order valence-electron chi connectivity index (χ3n) is 15.9. The molecule has 1 amide bonds.